The van der Waals surface area contributed by atoms with Gasteiger partial charge in [0.05, 0.1) is 17.5 Å². The predicted octanol–water partition coefficient (Wildman–Crippen LogP) is 2.33. The summed E-state index contributed by atoms with van der Waals surface area (Å²) < 4.78 is 0. The maximum Gasteiger partial charge on any atom is 0.271 e. The minimum Gasteiger partial charge on any atom is -0.350 e. The highest BCUT2D eigenvalue weighted by atomic mass is 16.2. The number of rotatable bonds is 5. The molecule has 2 aromatic heterocycles. The zero-order valence-electron chi connectivity index (χ0n) is 18.2. The third kappa shape index (κ3) is 4.23. The first-order valence-corrected chi connectivity index (χ1v) is 10.9. The normalized spacial score (nSPS) is 14.9. The second-order valence-electron chi connectivity index (χ2n) is 8.12. The molecule has 2 aromatic carbocycles. The van der Waals surface area contributed by atoms with Crippen LogP contribution in [0, 0.1) is 0 Å². The van der Waals surface area contributed by atoms with Crippen LogP contribution in [0.25, 0.3) is 11.3 Å². The molecule has 9 heteroatoms. The Morgan fingerprint density at radius 2 is 1.79 bits per heavy atom. The maximum atomic E-state index is 13.5. The summed E-state index contributed by atoms with van der Waals surface area (Å²) in [5.74, 6) is -0.619. The van der Waals surface area contributed by atoms with Gasteiger partial charge in [0.25, 0.3) is 17.4 Å². The second-order valence-corrected chi connectivity index (χ2v) is 8.12. The first-order valence-electron chi connectivity index (χ1n) is 10.9. The van der Waals surface area contributed by atoms with Crippen LogP contribution < -0.4 is 10.9 Å². The molecule has 1 atom stereocenters. The summed E-state index contributed by atoms with van der Waals surface area (Å²) >= 11 is 0. The molecule has 170 valence electrons. The van der Waals surface area contributed by atoms with Gasteiger partial charge in [0.2, 0.25) is 0 Å². The summed E-state index contributed by atoms with van der Waals surface area (Å²) in [6.07, 6.45) is 1.56. The zero-order chi connectivity index (χ0) is 23.5. The topological polar surface area (TPSA) is 124 Å². The number of hydrogen-bond acceptors (Lipinski definition) is 5. The van der Waals surface area contributed by atoms with Crippen LogP contribution in [0.5, 0.6) is 0 Å². The van der Waals surface area contributed by atoms with Crippen molar-refractivity contribution in [2.45, 2.75) is 12.5 Å². The lowest BCUT2D eigenvalue weighted by Crippen LogP contribution is -2.42. The fourth-order valence-corrected chi connectivity index (χ4v) is 4.26. The van der Waals surface area contributed by atoms with Crippen molar-refractivity contribution in [1.82, 2.24) is 30.6 Å². The van der Waals surface area contributed by atoms with Crippen molar-refractivity contribution in [2.24, 2.45) is 0 Å². The van der Waals surface area contributed by atoms with E-state index in [0.29, 0.717) is 30.9 Å². The molecule has 1 unspecified atom stereocenters. The van der Waals surface area contributed by atoms with E-state index in [-0.39, 0.29) is 23.1 Å². The van der Waals surface area contributed by atoms with Gasteiger partial charge in [-0.3, -0.25) is 19.5 Å². The van der Waals surface area contributed by atoms with Crippen molar-refractivity contribution in [3.63, 3.8) is 0 Å². The van der Waals surface area contributed by atoms with Crippen LogP contribution in [0.1, 0.15) is 37.9 Å². The second kappa shape index (κ2) is 9.14. The number of carbonyl (C=O) groups excluding carboxylic acids is 2. The Kier molecular flexibility index (Phi) is 5.73. The lowest BCUT2D eigenvalue weighted by Gasteiger charge is -2.35. The highest BCUT2D eigenvalue weighted by molar-refractivity contribution is 6.00. The Balaban J connectivity index is 1.37. The number of amides is 2. The van der Waals surface area contributed by atoms with E-state index in [1.165, 1.54) is 12.1 Å². The van der Waals surface area contributed by atoms with Crippen molar-refractivity contribution in [1.29, 1.82) is 0 Å². The molecule has 4 aromatic rings. The van der Waals surface area contributed by atoms with E-state index in [9.17, 15) is 14.4 Å². The number of H-pyrrole nitrogens is 2. The van der Waals surface area contributed by atoms with Crippen LogP contribution in [0.15, 0.2) is 77.7 Å². The molecule has 1 aliphatic heterocycles. The van der Waals surface area contributed by atoms with E-state index in [1.807, 2.05) is 54.6 Å². The number of aromatic amines is 2. The van der Waals surface area contributed by atoms with Crippen LogP contribution in [0.4, 0.5) is 0 Å². The number of nitrogens with one attached hydrogen (secondary N) is 3. The molecule has 0 spiro atoms. The maximum absolute atomic E-state index is 13.5. The van der Waals surface area contributed by atoms with Crippen molar-refractivity contribution in [2.75, 3.05) is 13.1 Å². The van der Waals surface area contributed by atoms with Crippen molar-refractivity contribution in [3.8, 4) is 11.3 Å². The standard InChI is InChI=1S/C25H22N6O3/c32-22-11-10-21(28-29-22)24(33)26-12-18-15-31(14-17-8-4-5-9-19(17)18)25(34)20-13-27-30-23(20)16-6-2-1-3-7-16/h1-11,13,18H,12,14-15H2,(H,26,33)(H,27,30)(H,29,32). The Labute approximate surface area is 194 Å². The highest BCUT2D eigenvalue weighted by Crippen LogP contribution is 2.30. The number of benzene rings is 2. The summed E-state index contributed by atoms with van der Waals surface area (Å²) in [5, 5.41) is 16.0. The summed E-state index contributed by atoms with van der Waals surface area (Å²) in [6, 6.07) is 20.2. The van der Waals surface area contributed by atoms with Gasteiger partial charge in [-0.05, 0) is 17.2 Å². The average Bonchev–Trinajstić information content (AvgIpc) is 3.37. The first kappa shape index (κ1) is 21.3. The molecule has 5 rings (SSSR count). The lowest BCUT2D eigenvalue weighted by atomic mass is 9.89. The third-order valence-corrected chi connectivity index (χ3v) is 5.94. The molecule has 2 amide bonds. The highest BCUT2D eigenvalue weighted by Gasteiger charge is 2.30. The van der Waals surface area contributed by atoms with Crippen LogP contribution in [0.2, 0.25) is 0 Å². The van der Waals surface area contributed by atoms with Crippen LogP contribution >= 0.6 is 0 Å². The van der Waals surface area contributed by atoms with Gasteiger partial charge < -0.3 is 10.2 Å². The predicted molar refractivity (Wildman–Crippen MR) is 125 cm³/mol. The third-order valence-electron chi connectivity index (χ3n) is 5.94. The molecule has 34 heavy (non-hydrogen) atoms. The van der Waals surface area contributed by atoms with E-state index in [0.717, 1.165) is 16.7 Å². The van der Waals surface area contributed by atoms with E-state index in [1.54, 1.807) is 11.1 Å². The Hall–Kier alpha value is -4.53. The minimum absolute atomic E-state index is 0.104. The Morgan fingerprint density at radius 1 is 1.00 bits per heavy atom. The fraction of sp³-hybridized carbons (Fsp3) is 0.160. The molecule has 0 radical (unpaired) electrons. The van der Waals surface area contributed by atoms with Crippen LogP contribution in [0.3, 0.4) is 0 Å². The Morgan fingerprint density at radius 3 is 2.59 bits per heavy atom. The zero-order valence-corrected chi connectivity index (χ0v) is 18.2. The first-order chi connectivity index (χ1) is 16.6. The van der Waals surface area contributed by atoms with E-state index in [2.05, 4.69) is 25.7 Å². The quantitative estimate of drug-likeness (QED) is 0.427. The smallest absolute Gasteiger partial charge is 0.271 e. The van der Waals surface area contributed by atoms with E-state index in [4.69, 9.17) is 0 Å². The number of fused-ring (bicyclic) bond motifs is 1. The largest absolute Gasteiger partial charge is 0.350 e. The van der Waals surface area contributed by atoms with Crippen molar-refractivity contribution in [3.05, 3.63) is 106 Å². The van der Waals surface area contributed by atoms with Gasteiger partial charge in [-0.2, -0.15) is 10.2 Å². The molecule has 0 fully saturated rings. The molecule has 0 aliphatic carbocycles. The van der Waals surface area contributed by atoms with E-state index >= 15 is 0 Å². The molecular weight excluding hydrogens is 432 g/mol. The van der Waals surface area contributed by atoms with Gasteiger partial charge in [0, 0.05) is 37.2 Å². The van der Waals surface area contributed by atoms with Crippen LogP contribution in [-0.4, -0.2) is 50.2 Å². The van der Waals surface area contributed by atoms with Crippen LogP contribution in [-0.2, 0) is 6.54 Å². The summed E-state index contributed by atoms with van der Waals surface area (Å²) in [7, 11) is 0. The SMILES string of the molecule is O=C(NCC1CN(C(=O)c2cn[nH]c2-c2ccccc2)Cc2ccccc21)c1ccc(=O)[nH]n1. The lowest BCUT2D eigenvalue weighted by molar-refractivity contribution is 0.0717. The number of aromatic nitrogens is 4. The van der Waals surface area contributed by atoms with Gasteiger partial charge in [-0.1, -0.05) is 54.6 Å². The average molecular weight is 454 g/mol. The van der Waals surface area contributed by atoms with Gasteiger partial charge in [-0.15, -0.1) is 0 Å². The van der Waals surface area contributed by atoms with Gasteiger partial charge in [0.15, 0.2) is 0 Å². The minimum atomic E-state index is -0.390. The van der Waals surface area contributed by atoms with Crippen molar-refractivity contribution >= 4 is 11.8 Å². The molecule has 9 nitrogen and oxygen atoms in total. The molecule has 1 aliphatic rings. The number of nitrogens with zero attached hydrogens (tertiary/aromatic N) is 3. The molecule has 0 bridgehead atoms. The summed E-state index contributed by atoms with van der Waals surface area (Å²) in [6.45, 7) is 1.23. The summed E-state index contributed by atoms with van der Waals surface area (Å²) in [5.41, 5.74) is 3.95. The molecule has 0 saturated heterocycles. The van der Waals surface area contributed by atoms with Gasteiger partial charge in [-0.25, -0.2) is 5.10 Å². The molecule has 3 heterocycles. The number of hydrogen-bond donors (Lipinski definition) is 3. The summed E-state index contributed by atoms with van der Waals surface area (Å²) in [4.78, 5) is 39.1. The number of carbonyl (C=O) groups is 2. The van der Waals surface area contributed by atoms with E-state index < -0.39 is 5.91 Å². The molecule has 3 N–H and O–H groups in total. The van der Waals surface area contributed by atoms with Crippen molar-refractivity contribution < 1.29 is 9.59 Å². The van der Waals surface area contributed by atoms with Gasteiger partial charge in [0.1, 0.15) is 5.69 Å². The van der Waals surface area contributed by atoms with Gasteiger partial charge >= 0.3 is 0 Å². The Bertz CT molecular complexity index is 1370. The molecular formula is C25H22N6O3. The molecule has 0 saturated carbocycles. The monoisotopic (exact) mass is 454 g/mol. The fourth-order valence-electron chi connectivity index (χ4n) is 4.26.